The molecule has 0 aliphatic heterocycles. The van der Waals surface area contributed by atoms with Crippen LogP contribution in [0.2, 0.25) is 0 Å². The highest BCUT2D eigenvalue weighted by Crippen LogP contribution is 2.36. The molecule has 0 aliphatic carbocycles. The Bertz CT molecular complexity index is 731. The van der Waals surface area contributed by atoms with E-state index in [4.69, 9.17) is 0 Å². The monoisotopic (exact) mass is 354 g/mol. The highest BCUT2D eigenvalue weighted by atomic mass is 32.2. The smallest absolute Gasteiger partial charge is 0.129 e. The van der Waals surface area contributed by atoms with Crippen molar-refractivity contribution in [2.45, 2.75) is 20.7 Å². The van der Waals surface area contributed by atoms with Gasteiger partial charge in [0, 0.05) is 11.5 Å². The minimum Gasteiger partial charge on any atom is -0.192 e. The van der Waals surface area contributed by atoms with Gasteiger partial charge >= 0.3 is 0 Å². The molecule has 0 aliphatic rings. The quantitative estimate of drug-likeness (QED) is 0.540. The molecule has 0 spiro atoms. The van der Waals surface area contributed by atoms with Gasteiger partial charge in [-0.05, 0) is 22.7 Å². The lowest BCUT2D eigenvalue weighted by atomic mass is 10.2. The maximum atomic E-state index is 9.47. The van der Waals surface area contributed by atoms with Crippen LogP contribution in [0.1, 0.15) is 16.7 Å². The van der Waals surface area contributed by atoms with Crippen LogP contribution in [0, 0.1) is 11.3 Å². The second kappa shape index (κ2) is 8.21. The molecular formula is C18H14N2S3. The van der Waals surface area contributed by atoms with E-state index in [2.05, 4.69) is 34.7 Å². The number of rotatable bonds is 6. The van der Waals surface area contributed by atoms with Crippen LogP contribution in [0.5, 0.6) is 0 Å². The van der Waals surface area contributed by atoms with Crippen molar-refractivity contribution in [3.8, 4) is 6.07 Å². The molecule has 3 rings (SSSR count). The number of nitriles is 1. The Labute approximate surface area is 148 Å². The van der Waals surface area contributed by atoms with Crippen LogP contribution >= 0.6 is 35.1 Å². The fourth-order valence-electron chi connectivity index (χ4n) is 2.00. The first-order chi connectivity index (χ1) is 11.4. The van der Waals surface area contributed by atoms with Gasteiger partial charge in [-0.3, -0.25) is 0 Å². The molecule has 114 valence electrons. The minimum atomic E-state index is 0.719. The van der Waals surface area contributed by atoms with Crippen molar-refractivity contribution < 1.29 is 0 Å². The molecule has 23 heavy (non-hydrogen) atoms. The minimum absolute atomic E-state index is 0.719. The number of hydrogen-bond donors (Lipinski definition) is 0. The number of nitrogens with zero attached hydrogens (tertiary/aromatic N) is 2. The van der Waals surface area contributed by atoms with Gasteiger partial charge in [-0.2, -0.15) is 9.64 Å². The van der Waals surface area contributed by atoms with E-state index in [0.717, 1.165) is 26.3 Å². The zero-order valence-electron chi connectivity index (χ0n) is 12.3. The summed E-state index contributed by atoms with van der Waals surface area (Å²) in [4.78, 5) is 0. The van der Waals surface area contributed by atoms with Crippen molar-refractivity contribution in [2.24, 2.45) is 0 Å². The standard InChI is InChI=1S/C18H14N2S3/c19-11-16-17(21-12-14-7-3-1-4-8-14)20-23-18(16)22-13-15-9-5-2-6-10-15/h1-10H,12-13H2. The fourth-order valence-corrected chi connectivity index (χ4v) is 5.01. The lowest BCUT2D eigenvalue weighted by molar-refractivity contribution is 1.22. The van der Waals surface area contributed by atoms with Crippen LogP contribution in [0.25, 0.3) is 0 Å². The van der Waals surface area contributed by atoms with Crippen molar-refractivity contribution in [1.82, 2.24) is 4.37 Å². The van der Waals surface area contributed by atoms with Crippen LogP contribution in [-0.4, -0.2) is 4.37 Å². The SMILES string of the molecule is N#Cc1c(SCc2ccccc2)nsc1SCc1ccccc1. The van der Waals surface area contributed by atoms with Gasteiger partial charge in [0.05, 0.1) is 4.21 Å². The van der Waals surface area contributed by atoms with Crippen molar-refractivity contribution >= 4 is 35.1 Å². The number of aromatic nitrogens is 1. The lowest BCUT2D eigenvalue weighted by Gasteiger charge is -2.01. The highest BCUT2D eigenvalue weighted by molar-refractivity contribution is 8.00. The molecule has 5 heteroatoms. The van der Waals surface area contributed by atoms with E-state index in [1.54, 1.807) is 23.5 Å². The molecule has 1 aromatic heterocycles. The van der Waals surface area contributed by atoms with Crippen LogP contribution < -0.4 is 0 Å². The van der Waals surface area contributed by atoms with Crippen LogP contribution in [0.15, 0.2) is 69.9 Å². The highest BCUT2D eigenvalue weighted by Gasteiger charge is 2.14. The van der Waals surface area contributed by atoms with Crippen molar-refractivity contribution in [3.05, 3.63) is 77.4 Å². The Kier molecular flexibility index (Phi) is 5.76. The Morgan fingerprint density at radius 1 is 0.870 bits per heavy atom. The molecule has 0 unspecified atom stereocenters. The maximum Gasteiger partial charge on any atom is 0.129 e. The summed E-state index contributed by atoms with van der Waals surface area (Å²) in [7, 11) is 0. The molecule has 2 nitrogen and oxygen atoms in total. The molecule has 0 bridgehead atoms. The van der Waals surface area contributed by atoms with Gasteiger partial charge in [0.1, 0.15) is 16.7 Å². The van der Waals surface area contributed by atoms with Gasteiger partial charge < -0.3 is 0 Å². The molecule has 0 N–H and O–H groups in total. The summed E-state index contributed by atoms with van der Waals surface area (Å²) < 4.78 is 5.48. The number of benzene rings is 2. The van der Waals surface area contributed by atoms with E-state index in [1.165, 1.54) is 22.7 Å². The van der Waals surface area contributed by atoms with Gasteiger partial charge in [-0.1, -0.05) is 72.4 Å². The molecule has 1 heterocycles. The van der Waals surface area contributed by atoms with Crippen molar-refractivity contribution in [2.75, 3.05) is 0 Å². The normalized spacial score (nSPS) is 10.4. The third kappa shape index (κ3) is 4.38. The molecule has 0 fully saturated rings. The summed E-state index contributed by atoms with van der Waals surface area (Å²) in [5.74, 6) is 1.70. The number of thioether (sulfide) groups is 2. The largest absolute Gasteiger partial charge is 0.192 e. The van der Waals surface area contributed by atoms with E-state index < -0.39 is 0 Å². The van der Waals surface area contributed by atoms with E-state index >= 15 is 0 Å². The van der Waals surface area contributed by atoms with Crippen LogP contribution in [-0.2, 0) is 11.5 Å². The van der Waals surface area contributed by atoms with Crippen molar-refractivity contribution in [3.63, 3.8) is 0 Å². The average Bonchev–Trinajstić information content (AvgIpc) is 3.02. The number of hydrogen-bond acceptors (Lipinski definition) is 5. The molecule has 3 aromatic rings. The van der Waals surface area contributed by atoms with Gasteiger partial charge in [0.25, 0.3) is 0 Å². The third-order valence-electron chi connectivity index (χ3n) is 3.17. The zero-order chi connectivity index (χ0) is 15.9. The predicted octanol–water partition coefficient (Wildman–Crippen LogP) is 5.60. The second-order valence-corrected chi connectivity index (χ2v) is 7.79. The lowest BCUT2D eigenvalue weighted by Crippen LogP contribution is -1.83. The van der Waals surface area contributed by atoms with Gasteiger partial charge in [0.2, 0.25) is 0 Å². The molecular weight excluding hydrogens is 340 g/mol. The fraction of sp³-hybridized carbons (Fsp3) is 0.111. The first-order valence-electron chi connectivity index (χ1n) is 7.10. The predicted molar refractivity (Wildman–Crippen MR) is 98.8 cm³/mol. The van der Waals surface area contributed by atoms with E-state index in [0.29, 0.717) is 0 Å². The summed E-state index contributed by atoms with van der Waals surface area (Å²) in [6.07, 6.45) is 0. The molecule has 0 amide bonds. The third-order valence-corrected chi connectivity index (χ3v) is 6.50. The maximum absolute atomic E-state index is 9.47. The molecule has 0 saturated carbocycles. The Hall–Kier alpha value is -1.74. The second-order valence-electron chi connectivity index (χ2n) is 4.81. The topological polar surface area (TPSA) is 36.7 Å². The molecule has 0 saturated heterocycles. The van der Waals surface area contributed by atoms with E-state index in [-0.39, 0.29) is 0 Å². The Morgan fingerprint density at radius 2 is 1.43 bits per heavy atom. The Morgan fingerprint density at radius 3 is 2.00 bits per heavy atom. The van der Waals surface area contributed by atoms with Crippen molar-refractivity contribution in [1.29, 1.82) is 5.26 Å². The van der Waals surface area contributed by atoms with Crippen LogP contribution in [0.4, 0.5) is 0 Å². The first kappa shape index (κ1) is 16.1. The summed E-state index contributed by atoms with van der Waals surface area (Å²) >= 11 is 4.74. The Balaban J connectivity index is 1.66. The first-order valence-corrected chi connectivity index (χ1v) is 9.84. The summed E-state index contributed by atoms with van der Waals surface area (Å²) in [6.45, 7) is 0. The van der Waals surface area contributed by atoms with E-state index in [1.807, 2.05) is 36.4 Å². The molecule has 2 aromatic carbocycles. The summed E-state index contributed by atoms with van der Waals surface area (Å²) in [5, 5.41) is 10.3. The van der Waals surface area contributed by atoms with Gasteiger partial charge in [-0.15, -0.1) is 11.8 Å². The molecule has 0 radical (unpaired) electrons. The van der Waals surface area contributed by atoms with Gasteiger partial charge in [-0.25, -0.2) is 0 Å². The van der Waals surface area contributed by atoms with Crippen LogP contribution in [0.3, 0.4) is 0 Å². The average molecular weight is 355 g/mol. The summed E-state index contributed by atoms with van der Waals surface area (Å²) in [6, 6.07) is 22.9. The molecule has 0 atom stereocenters. The summed E-state index contributed by atoms with van der Waals surface area (Å²) in [5.41, 5.74) is 3.22. The zero-order valence-corrected chi connectivity index (χ0v) is 14.8. The van der Waals surface area contributed by atoms with Gasteiger partial charge in [0.15, 0.2) is 0 Å². The van der Waals surface area contributed by atoms with E-state index in [9.17, 15) is 5.26 Å².